The van der Waals surface area contributed by atoms with Gasteiger partial charge in [0.15, 0.2) is 0 Å². The lowest BCUT2D eigenvalue weighted by Crippen LogP contribution is -2.22. The Morgan fingerprint density at radius 1 is 0.767 bits per heavy atom. The van der Waals surface area contributed by atoms with Gasteiger partial charge in [0.2, 0.25) is 0 Å². The van der Waals surface area contributed by atoms with E-state index in [0.29, 0.717) is 12.0 Å². The van der Waals surface area contributed by atoms with Crippen molar-refractivity contribution in [3.8, 4) is 0 Å². The molecule has 0 atom stereocenters. The van der Waals surface area contributed by atoms with Crippen molar-refractivity contribution in [3.05, 3.63) is 107 Å². The maximum Gasteiger partial charge on any atom is 0.337 e. The van der Waals surface area contributed by atoms with Gasteiger partial charge in [-0.2, -0.15) is 0 Å². The first-order valence-electron chi connectivity index (χ1n) is 9.74. The Labute approximate surface area is 176 Å². The molecule has 5 nitrogen and oxygen atoms in total. The normalized spacial score (nSPS) is 10.6. The van der Waals surface area contributed by atoms with E-state index in [9.17, 15) is 9.59 Å². The summed E-state index contributed by atoms with van der Waals surface area (Å²) in [4.78, 5) is 24.4. The van der Waals surface area contributed by atoms with Crippen molar-refractivity contribution in [2.24, 2.45) is 0 Å². The molecule has 0 aromatic heterocycles. The van der Waals surface area contributed by atoms with Crippen LogP contribution in [-0.2, 0) is 40.5 Å². The number of hydrogen-bond acceptors (Lipinski definition) is 5. The van der Waals surface area contributed by atoms with Crippen molar-refractivity contribution in [1.82, 2.24) is 4.90 Å². The molecule has 0 saturated carbocycles. The van der Waals surface area contributed by atoms with E-state index >= 15 is 0 Å². The predicted octanol–water partition coefficient (Wildman–Crippen LogP) is 4.35. The number of hydrogen-bond donors (Lipinski definition) is 0. The first kappa shape index (κ1) is 21.3. The van der Waals surface area contributed by atoms with Gasteiger partial charge in [-0.25, -0.2) is 4.79 Å². The molecule has 0 radical (unpaired) electrons. The van der Waals surface area contributed by atoms with E-state index in [1.54, 1.807) is 12.1 Å². The van der Waals surface area contributed by atoms with E-state index in [-0.39, 0.29) is 12.6 Å². The molecule has 0 heterocycles. The zero-order chi connectivity index (χ0) is 21.2. The molecule has 0 aliphatic carbocycles. The molecule has 0 aliphatic rings. The number of methoxy groups -OCH3 is 1. The maximum atomic E-state index is 11.7. The molecule has 30 heavy (non-hydrogen) atoms. The molecule has 0 amide bonds. The van der Waals surface area contributed by atoms with Gasteiger partial charge in [-0.15, -0.1) is 0 Å². The van der Waals surface area contributed by atoms with Gasteiger partial charge in [0.05, 0.1) is 12.7 Å². The zero-order valence-corrected chi connectivity index (χ0v) is 17.0. The third-order valence-corrected chi connectivity index (χ3v) is 4.78. The van der Waals surface area contributed by atoms with Crippen LogP contribution in [0.2, 0.25) is 0 Å². The Morgan fingerprint density at radius 3 is 1.80 bits per heavy atom. The van der Waals surface area contributed by atoms with Crippen LogP contribution in [0.4, 0.5) is 0 Å². The van der Waals surface area contributed by atoms with E-state index in [0.717, 1.165) is 30.8 Å². The number of esters is 1. The second-order valence-electron chi connectivity index (χ2n) is 7.04. The lowest BCUT2D eigenvalue weighted by atomic mass is 10.1. The van der Waals surface area contributed by atoms with Crippen LogP contribution >= 0.6 is 0 Å². The van der Waals surface area contributed by atoms with Crippen LogP contribution in [0.15, 0.2) is 78.9 Å². The van der Waals surface area contributed by atoms with Gasteiger partial charge in [0, 0.05) is 19.6 Å². The minimum Gasteiger partial charge on any atom is -0.465 e. The zero-order valence-electron chi connectivity index (χ0n) is 17.0. The number of ether oxygens (including phenoxy) is 2. The molecule has 0 saturated heterocycles. The summed E-state index contributed by atoms with van der Waals surface area (Å²) in [6, 6.07) is 25.9. The summed E-state index contributed by atoms with van der Waals surface area (Å²) in [6.45, 7) is 3.05. The number of carbonyl (C=O) groups is 2. The Kier molecular flexibility index (Phi) is 7.75. The lowest BCUT2D eigenvalue weighted by Gasteiger charge is -2.23. The third kappa shape index (κ3) is 6.29. The van der Waals surface area contributed by atoms with Crippen LogP contribution in [0.5, 0.6) is 0 Å². The molecular formula is C25H25NO4. The topological polar surface area (TPSA) is 55.8 Å². The molecule has 0 aliphatic heterocycles. The number of rotatable bonds is 10. The summed E-state index contributed by atoms with van der Waals surface area (Å²) in [7, 11) is 1.38. The number of nitrogens with zero attached hydrogens (tertiary/aromatic N) is 1. The van der Waals surface area contributed by atoms with E-state index in [4.69, 9.17) is 9.47 Å². The highest BCUT2D eigenvalue weighted by Crippen LogP contribution is 2.16. The fraction of sp³-hybridized carbons (Fsp3) is 0.200. The average molecular weight is 403 g/mol. The van der Waals surface area contributed by atoms with Gasteiger partial charge >= 0.3 is 5.97 Å². The van der Waals surface area contributed by atoms with Crippen molar-refractivity contribution < 1.29 is 19.1 Å². The molecule has 0 bridgehead atoms. The monoisotopic (exact) mass is 403 g/mol. The smallest absolute Gasteiger partial charge is 0.337 e. The van der Waals surface area contributed by atoms with E-state index in [1.807, 2.05) is 42.5 Å². The van der Waals surface area contributed by atoms with Crippen molar-refractivity contribution >= 4 is 12.4 Å². The summed E-state index contributed by atoms with van der Waals surface area (Å²) in [5.41, 5.74) is 5.03. The molecule has 3 aromatic carbocycles. The van der Waals surface area contributed by atoms with Gasteiger partial charge in [-0.3, -0.25) is 9.69 Å². The predicted molar refractivity (Wildman–Crippen MR) is 114 cm³/mol. The fourth-order valence-corrected chi connectivity index (χ4v) is 3.26. The molecule has 0 fully saturated rings. The third-order valence-electron chi connectivity index (χ3n) is 4.78. The van der Waals surface area contributed by atoms with Crippen LogP contribution in [-0.4, -0.2) is 24.5 Å². The van der Waals surface area contributed by atoms with Gasteiger partial charge in [-0.1, -0.05) is 66.7 Å². The Bertz CT molecular complexity index is 937. The lowest BCUT2D eigenvalue weighted by molar-refractivity contribution is -0.129. The Balaban J connectivity index is 1.73. The summed E-state index contributed by atoms with van der Waals surface area (Å²) in [5.74, 6) is -0.332. The average Bonchev–Trinajstić information content (AvgIpc) is 2.79. The molecular weight excluding hydrogens is 378 g/mol. The minimum atomic E-state index is -0.332. The fourth-order valence-electron chi connectivity index (χ4n) is 3.26. The van der Waals surface area contributed by atoms with Gasteiger partial charge in [-0.05, 0) is 34.4 Å². The van der Waals surface area contributed by atoms with E-state index in [1.165, 1.54) is 18.2 Å². The highest BCUT2D eigenvalue weighted by molar-refractivity contribution is 5.89. The van der Waals surface area contributed by atoms with Crippen LogP contribution in [0.25, 0.3) is 0 Å². The van der Waals surface area contributed by atoms with Crippen molar-refractivity contribution in [1.29, 1.82) is 0 Å². The summed E-state index contributed by atoms with van der Waals surface area (Å²) in [6.07, 6.45) is 0. The van der Waals surface area contributed by atoms with Crippen LogP contribution in [0, 0.1) is 0 Å². The van der Waals surface area contributed by atoms with Crippen LogP contribution in [0.3, 0.4) is 0 Å². The van der Waals surface area contributed by atoms with Crippen LogP contribution < -0.4 is 0 Å². The molecule has 3 aromatic rings. The van der Waals surface area contributed by atoms with Gasteiger partial charge in [0.1, 0.15) is 6.61 Å². The second-order valence-corrected chi connectivity index (χ2v) is 7.04. The summed E-state index contributed by atoms with van der Waals surface area (Å²) < 4.78 is 9.58. The van der Waals surface area contributed by atoms with Crippen molar-refractivity contribution in [2.45, 2.75) is 26.2 Å². The first-order chi connectivity index (χ1) is 14.7. The van der Waals surface area contributed by atoms with E-state index in [2.05, 4.69) is 29.2 Å². The van der Waals surface area contributed by atoms with Crippen molar-refractivity contribution in [3.63, 3.8) is 0 Å². The summed E-state index contributed by atoms with van der Waals surface area (Å²) >= 11 is 0. The Hall–Kier alpha value is -3.44. The summed E-state index contributed by atoms with van der Waals surface area (Å²) in [5, 5.41) is 0. The largest absolute Gasteiger partial charge is 0.465 e. The molecule has 0 N–H and O–H groups in total. The van der Waals surface area contributed by atoms with Gasteiger partial charge in [0.25, 0.3) is 6.47 Å². The quantitative estimate of drug-likeness (QED) is 0.372. The minimum absolute atomic E-state index is 0.282. The van der Waals surface area contributed by atoms with Crippen LogP contribution in [0.1, 0.15) is 32.6 Å². The molecule has 154 valence electrons. The highest BCUT2D eigenvalue weighted by Gasteiger charge is 2.10. The maximum absolute atomic E-state index is 11.7. The van der Waals surface area contributed by atoms with E-state index < -0.39 is 0 Å². The molecule has 0 spiro atoms. The SMILES string of the molecule is COC(=O)c1ccc(CN(Cc2ccccc2)Cc2ccc(COC=O)cc2)cc1. The number of benzene rings is 3. The molecule has 0 unspecified atom stereocenters. The molecule has 3 rings (SSSR count). The first-order valence-corrected chi connectivity index (χ1v) is 9.74. The number of carbonyl (C=O) groups excluding carboxylic acids is 2. The second kappa shape index (κ2) is 10.9. The highest BCUT2D eigenvalue weighted by atomic mass is 16.5. The standard InChI is InChI=1S/C25H25NO4/c1-29-25(28)24-13-11-22(12-14-24)17-26(15-20-5-3-2-4-6-20)16-21-7-9-23(10-8-21)18-30-19-27/h2-14,19H,15-18H2,1H3. The van der Waals surface area contributed by atoms with Gasteiger partial charge < -0.3 is 9.47 Å². The van der Waals surface area contributed by atoms with Crippen molar-refractivity contribution in [2.75, 3.05) is 7.11 Å². The molecule has 5 heteroatoms. The Morgan fingerprint density at radius 2 is 1.27 bits per heavy atom.